The smallest absolute Gasteiger partial charge is 0.410 e. The first kappa shape index (κ1) is 12.6. The second-order valence-electron chi connectivity index (χ2n) is 5.98. The summed E-state index contributed by atoms with van der Waals surface area (Å²) in [5.74, 6) is 0.542. The zero-order valence-electron chi connectivity index (χ0n) is 11.0. The fourth-order valence-corrected chi connectivity index (χ4v) is 2.53. The van der Waals surface area contributed by atoms with Crippen LogP contribution in [0.2, 0.25) is 0 Å². The highest BCUT2D eigenvalue weighted by Gasteiger charge is 2.43. The van der Waals surface area contributed by atoms with Gasteiger partial charge < -0.3 is 15.4 Å². The molecule has 0 saturated carbocycles. The molecule has 5 nitrogen and oxygen atoms in total. The maximum atomic E-state index is 11.9. The van der Waals surface area contributed by atoms with Crippen LogP contribution in [0.1, 0.15) is 20.8 Å². The van der Waals surface area contributed by atoms with Crippen LogP contribution in [0.5, 0.6) is 0 Å². The highest BCUT2D eigenvalue weighted by molar-refractivity contribution is 5.68. The number of amides is 1. The molecule has 0 radical (unpaired) electrons. The molecule has 0 aromatic heterocycles. The summed E-state index contributed by atoms with van der Waals surface area (Å²) >= 11 is 0. The van der Waals surface area contributed by atoms with Gasteiger partial charge in [0.15, 0.2) is 0 Å². The number of rotatable bonds is 1. The fraction of sp³-hybridized carbons (Fsp3) is 0.917. The van der Waals surface area contributed by atoms with Gasteiger partial charge >= 0.3 is 6.09 Å². The Morgan fingerprint density at radius 1 is 1.35 bits per heavy atom. The minimum atomic E-state index is -0.416. The molecule has 0 aliphatic carbocycles. The lowest BCUT2D eigenvalue weighted by Gasteiger charge is -2.53. The van der Waals surface area contributed by atoms with Gasteiger partial charge in [0.2, 0.25) is 0 Å². The highest BCUT2D eigenvalue weighted by Crippen LogP contribution is 2.28. The molecule has 2 heterocycles. The van der Waals surface area contributed by atoms with E-state index in [1.54, 1.807) is 0 Å². The van der Waals surface area contributed by atoms with Gasteiger partial charge in [0.1, 0.15) is 5.60 Å². The van der Waals surface area contributed by atoms with Crippen LogP contribution in [-0.2, 0) is 4.74 Å². The number of hydrogen-bond donors (Lipinski definition) is 1. The van der Waals surface area contributed by atoms with E-state index in [1.807, 2.05) is 25.7 Å². The van der Waals surface area contributed by atoms with Gasteiger partial charge in [0.25, 0.3) is 0 Å². The molecule has 0 aromatic rings. The van der Waals surface area contributed by atoms with Crippen LogP contribution >= 0.6 is 0 Å². The van der Waals surface area contributed by atoms with Crippen molar-refractivity contribution in [1.82, 2.24) is 9.80 Å². The van der Waals surface area contributed by atoms with Gasteiger partial charge in [-0.15, -0.1) is 0 Å². The number of nitrogens with two attached hydrogens (primary N) is 1. The molecule has 2 rings (SSSR count). The van der Waals surface area contributed by atoms with Crippen molar-refractivity contribution in [2.75, 3.05) is 32.7 Å². The van der Waals surface area contributed by atoms with E-state index in [0.717, 1.165) is 26.2 Å². The van der Waals surface area contributed by atoms with E-state index >= 15 is 0 Å². The minimum absolute atomic E-state index is 0.195. The standard InChI is InChI=1S/C12H23N3O2/c1-12(2,3)17-11(16)15-5-4-14-7-9(6-13)10(14)8-15/h9-10H,4-8,13H2,1-3H3/t9-,10-/m0/s1. The topological polar surface area (TPSA) is 58.8 Å². The van der Waals surface area contributed by atoms with Crippen molar-refractivity contribution in [3.63, 3.8) is 0 Å². The van der Waals surface area contributed by atoms with Crippen LogP contribution in [0, 0.1) is 5.92 Å². The Balaban J connectivity index is 1.88. The second-order valence-corrected chi connectivity index (χ2v) is 5.98. The molecule has 17 heavy (non-hydrogen) atoms. The van der Waals surface area contributed by atoms with Crippen molar-refractivity contribution < 1.29 is 9.53 Å². The summed E-state index contributed by atoms with van der Waals surface area (Å²) in [5, 5.41) is 0. The van der Waals surface area contributed by atoms with Crippen LogP contribution in [0.3, 0.4) is 0 Å². The van der Waals surface area contributed by atoms with E-state index in [9.17, 15) is 4.79 Å². The molecule has 0 aromatic carbocycles. The molecule has 2 atom stereocenters. The summed E-state index contributed by atoms with van der Waals surface area (Å²) in [4.78, 5) is 16.2. The summed E-state index contributed by atoms with van der Waals surface area (Å²) in [6.45, 7) is 9.96. The van der Waals surface area contributed by atoms with Crippen LogP contribution in [0.4, 0.5) is 4.79 Å². The maximum Gasteiger partial charge on any atom is 0.410 e. The van der Waals surface area contributed by atoms with Gasteiger partial charge in [-0.3, -0.25) is 4.90 Å². The van der Waals surface area contributed by atoms with Crippen molar-refractivity contribution in [2.45, 2.75) is 32.4 Å². The largest absolute Gasteiger partial charge is 0.444 e. The van der Waals surface area contributed by atoms with Gasteiger partial charge in [-0.1, -0.05) is 0 Å². The first-order valence-corrected chi connectivity index (χ1v) is 6.33. The lowest BCUT2D eigenvalue weighted by molar-refractivity contribution is -0.0511. The number of nitrogens with zero attached hydrogens (tertiary/aromatic N) is 2. The molecule has 1 amide bonds. The Kier molecular flexibility index (Phi) is 3.32. The normalized spacial score (nSPS) is 29.5. The number of hydrogen-bond acceptors (Lipinski definition) is 4. The van der Waals surface area contributed by atoms with Crippen molar-refractivity contribution in [3.05, 3.63) is 0 Å². The Morgan fingerprint density at radius 3 is 2.65 bits per heavy atom. The Labute approximate surface area is 103 Å². The van der Waals surface area contributed by atoms with Crippen LogP contribution in [0.25, 0.3) is 0 Å². The van der Waals surface area contributed by atoms with E-state index < -0.39 is 5.60 Å². The first-order chi connectivity index (χ1) is 7.90. The monoisotopic (exact) mass is 241 g/mol. The average molecular weight is 241 g/mol. The first-order valence-electron chi connectivity index (χ1n) is 6.33. The van der Waals surface area contributed by atoms with Crippen LogP contribution in [0.15, 0.2) is 0 Å². The van der Waals surface area contributed by atoms with E-state index in [0.29, 0.717) is 18.5 Å². The minimum Gasteiger partial charge on any atom is -0.444 e. The van der Waals surface area contributed by atoms with Crippen molar-refractivity contribution in [2.24, 2.45) is 11.7 Å². The molecule has 0 bridgehead atoms. The third-order valence-electron chi connectivity index (χ3n) is 3.50. The van der Waals surface area contributed by atoms with Crippen LogP contribution in [-0.4, -0.2) is 60.3 Å². The summed E-state index contributed by atoms with van der Waals surface area (Å²) < 4.78 is 5.39. The van der Waals surface area contributed by atoms with Gasteiger partial charge in [-0.05, 0) is 27.3 Å². The molecule has 0 unspecified atom stereocenters. The number of ether oxygens (including phenoxy) is 1. The molecule has 2 aliphatic heterocycles. The molecule has 98 valence electrons. The van der Waals surface area contributed by atoms with Gasteiger partial charge in [-0.25, -0.2) is 4.79 Å². The molecular weight excluding hydrogens is 218 g/mol. The summed E-state index contributed by atoms with van der Waals surface area (Å²) in [7, 11) is 0. The summed E-state index contributed by atoms with van der Waals surface area (Å²) in [5.41, 5.74) is 5.29. The number of carbonyl (C=O) groups is 1. The SMILES string of the molecule is CC(C)(C)OC(=O)N1CCN2C[C@H](CN)[C@@H]2C1. The maximum absolute atomic E-state index is 11.9. The van der Waals surface area contributed by atoms with Gasteiger partial charge in [0, 0.05) is 38.1 Å². The molecule has 5 heteroatoms. The lowest BCUT2D eigenvalue weighted by atomic mass is 9.86. The summed E-state index contributed by atoms with van der Waals surface area (Å²) in [6, 6.07) is 0.446. The van der Waals surface area contributed by atoms with Gasteiger partial charge in [0.05, 0.1) is 0 Å². The van der Waals surface area contributed by atoms with E-state index in [2.05, 4.69) is 4.90 Å². The molecule has 2 saturated heterocycles. The predicted octanol–water partition coefficient (Wildman–Crippen LogP) is 0.496. The van der Waals surface area contributed by atoms with Crippen molar-refractivity contribution >= 4 is 6.09 Å². The summed E-state index contributed by atoms with van der Waals surface area (Å²) in [6.07, 6.45) is -0.195. The second kappa shape index (κ2) is 4.46. The van der Waals surface area contributed by atoms with Gasteiger partial charge in [-0.2, -0.15) is 0 Å². The number of carbonyl (C=O) groups excluding carboxylic acids is 1. The predicted molar refractivity (Wildman–Crippen MR) is 65.7 cm³/mol. The third-order valence-corrected chi connectivity index (χ3v) is 3.50. The molecule has 2 N–H and O–H groups in total. The zero-order chi connectivity index (χ0) is 12.6. The van der Waals surface area contributed by atoms with Crippen LogP contribution < -0.4 is 5.73 Å². The molecular formula is C12H23N3O2. The lowest BCUT2D eigenvalue weighted by Crippen LogP contribution is -2.68. The zero-order valence-corrected chi connectivity index (χ0v) is 11.0. The molecule has 0 spiro atoms. The quantitative estimate of drug-likeness (QED) is 0.726. The Bertz CT molecular complexity index is 297. The average Bonchev–Trinajstić information content (AvgIpc) is 2.17. The van der Waals surface area contributed by atoms with Crippen molar-refractivity contribution in [3.8, 4) is 0 Å². The van der Waals surface area contributed by atoms with E-state index in [1.165, 1.54) is 0 Å². The fourth-order valence-electron chi connectivity index (χ4n) is 2.53. The third kappa shape index (κ3) is 2.72. The van der Waals surface area contributed by atoms with E-state index in [-0.39, 0.29) is 6.09 Å². The Hall–Kier alpha value is -0.810. The highest BCUT2D eigenvalue weighted by atomic mass is 16.6. The molecule has 2 fully saturated rings. The van der Waals surface area contributed by atoms with Crippen molar-refractivity contribution in [1.29, 1.82) is 0 Å². The number of fused-ring (bicyclic) bond motifs is 1. The van der Waals surface area contributed by atoms with E-state index in [4.69, 9.17) is 10.5 Å². The number of piperazine rings is 1. The molecule has 2 aliphatic rings. The Morgan fingerprint density at radius 2 is 2.06 bits per heavy atom.